The van der Waals surface area contributed by atoms with Crippen LogP contribution in [0.2, 0.25) is 0 Å². The number of methoxy groups -OCH3 is 1. The lowest BCUT2D eigenvalue weighted by Gasteiger charge is -2.33. The minimum Gasteiger partial charge on any atom is -0.381 e. The predicted molar refractivity (Wildman–Crippen MR) is 43.0 cm³/mol. The monoisotopic (exact) mass is 142 g/mol. The molecule has 0 radical (unpaired) electrons. The van der Waals surface area contributed by atoms with Crippen LogP contribution in [0.5, 0.6) is 0 Å². The maximum atomic E-state index is 5.42. The molecule has 0 aromatic rings. The van der Waals surface area contributed by atoms with Gasteiger partial charge in [-0.15, -0.1) is 0 Å². The first-order chi connectivity index (χ1) is 4.75. The van der Waals surface area contributed by atoms with E-state index in [1.807, 2.05) is 7.11 Å². The first-order valence-corrected chi connectivity index (χ1v) is 4.28. The maximum absolute atomic E-state index is 5.42. The topological polar surface area (TPSA) is 9.23 Å². The molecule has 10 heavy (non-hydrogen) atoms. The average molecular weight is 142 g/mol. The predicted octanol–water partition coefficient (Wildman–Crippen LogP) is 2.46. The molecular formula is C9H18O. The maximum Gasteiger partial charge on any atom is 0.0622 e. The van der Waals surface area contributed by atoms with E-state index < -0.39 is 0 Å². The fraction of sp³-hybridized carbons (Fsp3) is 1.00. The molecule has 1 nitrogen and oxygen atoms in total. The Kier molecular flexibility index (Phi) is 2.72. The summed E-state index contributed by atoms with van der Waals surface area (Å²) in [7, 11) is 1.84. The summed E-state index contributed by atoms with van der Waals surface area (Å²) < 4.78 is 5.42. The summed E-state index contributed by atoms with van der Waals surface area (Å²) in [5.41, 5.74) is 0. The smallest absolute Gasteiger partial charge is 0.0622 e. The van der Waals surface area contributed by atoms with Crippen molar-refractivity contribution in [2.45, 2.75) is 39.2 Å². The molecule has 1 aliphatic carbocycles. The number of hydrogen-bond acceptors (Lipinski definition) is 1. The highest BCUT2D eigenvalue weighted by molar-refractivity contribution is 4.77. The molecule has 0 aromatic heterocycles. The average Bonchev–Trinajstić information content (AvgIpc) is 1.88. The third-order valence-corrected chi connectivity index (χ3v) is 2.71. The Bertz CT molecular complexity index is 90.9. The molecule has 0 spiro atoms. The van der Waals surface area contributed by atoms with Crippen LogP contribution in [-0.4, -0.2) is 13.2 Å². The van der Waals surface area contributed by atoms with E-state index in [1.54, 1.807) is 0 Å². The molecule has 0 heterocycles. The van der Waals surface area contributed by atoms with Gasteiger partial charge in [-0.1, -0.05) is 20.3 Å². The van der Waals surface area contributed by atoms with Gasteiger partial charge in [-0.05, 0) is 24.7 Å². The van der Waals surface area contributed by atoms with Gasteiger partial charge < -0.3 is 4.74 Å². The molecule has 2 atom stereocenters. The van der Waals surface area contributed by atoms with E-state index >= 15 is 0 Å². The van der Waals surface area contributed by atoms with Crippen LogP contribution >= 0.6 is 0 Å². The number of ether oxygens (including phenoxy) is 1. The first kappa shape index (κ1) is 8.06. The molecule has 0 N–H and O–H groups in total. The summed E-state index contributed by atoms with van der Waals surface area (Å²) in [4.78, 5) is 0. The number of rotatable bonds is 1. The van der Waals surface area contributed by atoms with Crippen LogP contribution in [0.1, 0.15) is 33.1 Å². The van der Waals surface area contributed by atoms with Crippen LogP contribution in [0, 0.1) is 11.8 Å². The van der Waals surface area contributed by atoms with Gasteiger partial charge in [0.15, 0.2) is 0 Å². The molecule has 1 saturated carbocycles. The second-order valence-corrected chi connectivity index (χ2v) is 3.59. The van der Waals surface area contributed by atoms with Crippen molar-refractivity contribution in [3.05, 3.63) is 0 Å². The van der Waals surface area contributed by atoms with Crippen molar-refractivity contribution in [2.24, 2.45) is 11.8 Å². The normalized spacial score (nSPS) is 41.7. The second kappa shape index (κ2) is 3.38. The fourth-order valence-electron chi connectivity index (χ4n) is 2.12. The van der Waals surface area contributed by atoms with Gasteiger partial charge in [0, 0.05) is 7.11 Å². The van der Waals surface area contributed by atoms with Crippen LogP contribution in [0.4, 0.5) is 0 Å². The molecule has 2 unspecified atom stereocenters. The lowest BCUT2D eigenvalue weighted by atomic mass is 9.81. The lowest BCUT2D eigenvalue weighted by Crippen LogP contribution is -2.31. The Morgan fingerprint density at radius 2 is 1.60 bits per heavy atom. The van der Waals surface area contributed by atoms with Crippen LogP contribution in [-0.2, 0) is 4.74 Å². The van der Waals surface area contributed by atoms with Gasteiger partial charge in [0.2, 0.25) is 0 Å². The van der Waals surface area contributed by atoms with Crippen molar-refractivity contribution in [2.75, 3.05) is 7.11 Å². The summed E-state index contributed by atoms with van der Waals surface area (Å²) >= 11 is 0. The lowest BCUT2D eigenvalue weighted by molar-refractivity contribution is -0.00694. The molecule has 0 saturated heterocycles. The first-order valence-electron chi connectivity index (χ1n) is 4.28. The summed E-state index contributed by atoms with van der Waals surface area (Å²) in [6.07, 6.45) is 4.61. The van der Waals surface area contributed by atoms with Gasteiger partial charge in [-0.2, -0.15) is 0 Å². The summed E-state index contributed by atoms with van der Waals surface area (Å²) in [5.74, 6) is 1.54. The molecule has 60 valence electrons. The summed E-state index contributed by atoms with van der Waals surface area (Å²) in [5, 5.41) is 0. The Hall–Kier alpha value is -0.0400. The molecule has 1 aliphatic rings. The third kappa shape index (κ3) is 1.51. The van der Waals surface area contributed by atoms with Gasteiger partial charge in [0.1, 0.15) is 0 Å². The molecule has 1 fully saturated rings. The van der Waals surface area contributed by atoms with E-state index in [0.29, 0.717) is 6.10 Å². The van der Waals surface area contributed by atoms with Gasteiger partial charge >= 0.3 is 0 Å². The molecular weight excluding hydrogens is 124 g/mol. The van der Waals surface area contributed by atoms with Crippen molar-refractivity contribution < 1.29 is 4.74 Å². The van der Waals surface area contributed by atoms with Crippen molar-refractivity contribution in [1.82, 2.24) is 0 Å². The molecule has 1 heteroatoms. The van der Waals surface area contributed by atoms with Crippen molar-refractivity contribution in [3.63, 3.8) is 0 Å². The highest BCUT2D eigenvalue weighted by Gasteiger charge is 2.26. The summed E-state index contributed by atoms with van der Waals surface area (Å²) in [6.45, 7) is 4.59. The zero-order chi connectivity index (χ0) is 7.56. The molecule has 0 aromatic carbocycles. The van der Waals surface area contributed by atoms with Crippen LogP contribution in [0.25, 0.3) is 0 Å². The molecule has 1 rings (SSSR count). The van der Waals surface area contributed by atoms with E-state index in [-0.39, 0.29) is 0 Å². The quantitative estimate of drug-likeness (QED) is 0.546. The van der Waals surface area contributed by atoms with Crippen LogP contribution < -0.4 is 0 Å². The Morgan fingerprint density at radius 1 is 1.10 bits per heavy atom. The third-order valence-electron chi connectivity index (χ3n) is 2.71. The van der Waals surface area contributed by atoms with E-state index in [2.05, 4.69) is 13.8 Å². The van der Waals surface area contributed by atoms with Gasteiger partial charge in [0.05, 0.1) is 6.10 Å². The Labute approximate surface area is 63.8 Å². The van der Waals surface area contributed by atoms with Crippen molar-refractivity contribution in [3.8, 4) is 0 Å². The standard InChI is InChI=1S/C9H18O/c1-7-5-4-6-8(2)9(7)10-3/h7-9H,4-6H2,1-3H3. The van der Waals surface area contributed by atoms with Gasteiger partial charge in [0.25, 0.3) is 0 Å². The molecule has 0 amide bonds. The highest BCUT2D eigenvalue weighted by Crippen LogP contribution is 2.30. The second-order valence-electron chi connectivity index (χ2n) is 3.59. The minimum atomic E-state index is 0.522. The Morgan fingerprint density at radius 3 is 1.90 bits per heavy atom. The molecule has 0 aliphatic heterocycles. The van der Waals surface area contributed by atoms with Crippen molar-refractivity contribution >= 4 is 0 Å². The minimum absolute atomic E-state index is 0.522. The Balaban J connectivity index is 2.45. The highest BCUT2D eigenvalue weighted by atomic mass is 16.5. The van der Waals surface area contributed by atoms with E-state index in [0.717, 1.165) is 11.8 Å². The van der Waals surface area contributed by atoms with E-state index in [9.17, 15) is 0 Å². The molecule has 0 bridgehead atoms. The van der Waals surface area contributed by atoms with E-state index in [4.69, 9.17) is 4.74 Å². The van der Waals surface area contributed by atoms with Crippen LogP contribution in [0.15, 0.2) is 0 Å². The van der Waals surface area contributed by atoms with Gasteiger partial charge in [-0.25, -0.2) is 0 Å². The van der Waals surface area contributed by atoms with Crippen LogP contribution in [0.3, 0.4) is 0 Å². The SMILES string of the molecule is COC1C(C)CCCC1C. The van der Waals surface area contributed by atoms with Gasteiger partial charge in [-0.3, -0.25) is 0 Å². The summed E-state index contributed by atoms with van der Waals surface area (Å²) in [6, 6.07) is 0. The zero-order valence-electron chi connectivity index (χ0n) is 7.26. The fourth-order valence-corrected chi connectivity index (χ4v) is 2.12. The van der Waals surface area contributed by atoms with E-state index in [1.165, 1.54) is 19.3 Å². The van der Waals surface area contributed by atoms with Crippen molar-refractivity contribution in [1.29, 1.82) is 0 Å². The number of hydrogen-bond donors (Lipinski definition) is 0. The zero-order valence-corrected chi connectivity index (χ0v) is 7.26. The largest absolute Gasteiger partial charge is 0.381 e.